The van der Waals surface area contributed by atoms with E-state index in [2.05, 4.69) is 10.5 Å². The number of ether oxygens (including phenoxy) is 3. The summed E-state index contributed by atoms with van der Waals surface area (Å²) in [5.74, 6) is 1.60. The largest absolute Gasteiger partial charge is 0.493 e. The number of methoxy groups -OCH3 is 2. The molecule has 0 bridgehead atoms. The van der Waals surface area contributed by atoms with E-state index < -0.39 is 11.6 Å². The molecule has 1 aromatic carbocycles. The summed E-state index contributed by atoms with van der Waals surface area (Å²) < 4.78 is 16.6. The van der Waals surface area contributed by atoms with Gasteiger partial charge in [-0.1, -0.05) is 0 Å². The molecule has 1 aliphatic heterocycles. The molecule has 0 unspecified atom stereocenters. The van der Waals surface area contributed by atoms with Crippen LogP contribution in [0.15, 0.2) is 17.2 Å². The van der Waals surface area contributed by atoms with Crippen molar-refractivity contribution in [3.63, 3.8) is 0 Å². The minimum absolute atomic E-state index is 0.495. The maximum Gasteiger partial charge on any atom is 0.332 e. The summed E-state index contributed by atoms with van der Waals surface area (Å²) in [6, 6.07) is 2.86. The number of hydrogen-bond acceptors (Lipinski definition) is 5. The number of fused-ring (bicyclic) bond motifs is 1. The number of carbonyl (C=O) groups excluding carboxylic acids is 1. The molecule has 0 radical (unpaired) electrons. The number of benzene rings is 1. The van der Waals surface area contributed by atoms with E-state index in [9.17, 15) is 4.79 Å². The lowest BCUT2D eigenvalue weighted by molar-refractivity contribution is 0.105. The number of hydrazone groups is 1. The second-order valence-electron chi connectivity index (χ2n) is 5.25. The van der Waals surface area contributed by atoms with Crippen molar-refractivity contribution in [2.75, 3.05) is 14.2 Å². The molecule has 0 aliphatic carbocycles. The van der Waals surface area contributed by atoms with Crippen molar-refractivity contribution in [3.05, 3.63) is 17.7 Å². The molecule has 0 saturated carbocycles. The minimum atomic E-state index is -0.714. The Labute approximate surface area is 123 Å². The molecule has 114 valence electrons. The molecule has 2 amide bonds. The third kappa shape index (κ3) is 3.01. The van der Waals surface area contributed by atoms with Crippen molar-refractivity contribution < 1.29 is 19.0 Å². The molecule has 0 atom stereocenters. The zero-order valence-corrected chi connectivity index (χ0v) is 12.5. The normalized spacial score (nSPS) is 17.6. The molecule has 1 aliphatic rings. The highest BCUT2D eigenvalue weighted by atomic mass is 16.5. The molecule has 0 spiro atoms. The molecule has 7 heteroatoms. The summed E-state index contributed by atoms with van der Waals surface area (Å²) in [5, 5.41) is 4.07. The average Bonchev–Trinajstić information content (AvgIpc) is 2.42. The van der Waals surface area contributed by atoms with Crippen molar-refractivity contribution in [2.45, 2.75) is 25.9 Å². The van der Waals surface area contributed by atoms with Crippen LogP contribution >= 0.6 is 0 Å². The van der Waals surface area contributed by atoms with E-state index in [1.165, 1.54) is 0 Å². The molecule has 0 fully saturated rings. The van der Waals surface area contributed by atoms with Gasteiger partial charge in [-0.05, 0) is 26.0 Å². The van der Waals surface area contributed by atoms with Gasteiger partial charge in [0.25, 0.3) is 0 Å². The molecule has 3 N–H and O–H groups in total. The van der Waals surface area contributed by atoms with Crippen LogP contribution in [0.1, 0.15) is 25.8 Å². The highest BCUT2D eigenvalue weighted by molar-refractivity contribution is 6.05. The maximum absolute atomic E-state index is 10.9. The van der Waals surface area contributed by atoms with Gasteiger partial charge in [0.1, 0.15) is 5.60 Å². The van der Waals surface area contributed by atoms with Crippen molar-refractivity contribution in [1.29, 1.82) is 0 Å². The van der Waals surface area contributed by atoms with Crippen LogP contribution in [0, 0.1) is 0 Å². The van der Waals surface area contributed by atoms with Crippen molar-refractivity contribution >= 4 is 11.7 Å². The fourth-order valence-corrected chi connectivity index (χ4v) is 2.26. The van der Waals surface area contributed by atoms with Gasteiger partial charge in [-0.3, -0.25) is 0 Å². The standard InChI is InChI=1S/C14H19N3O4/c1-14(2)7-9(16-17-13(15)18)8-5-6-10(19-3)12(20-4)11(8)21-14/h5-6H,7H2,1-4H3,(H3,15,17,18). The topological polar surface area (TPSA) is 95.2 Å². The maximum atomic E-state index is 10.9. The lowest BCUT2D eigenvalue weighted by atomic mass is 9.92. The smallest absolute Gasteiger partial charge is 0.332 e. The van der Waals surface area contributed by atoms with Crippen LogP contribution in [-0.4, -0.2) is 31.6 Å². The van der Waals surface area contributed by atoms with Gasteiger partial charge in [0, 0.05) is 12.0 Å². The first-order valence-electron chi connectivity index (χ1n) is 6.44. The van der Waals surface area contributed by atoms with Crippen LogP contribution in [0.5, 0.6) is 17.2 Å². The quantitative estimate of drug-likeness (QED) is 0.828. The number of hydrogen-bond donors (Lipinski definition) is 2. The van der Waals surface area contributed by atoms with E-state index in [0.29, 0.717) is 29.4 Å². The number of nitrogens with one attached hydrogen (secondary N) is 1. The molecular weight excluding hydrogens is 274 g/mol. The third-order valence-electron chi connectivity index (χ3n) is 3.08. The summed E-state index contributed by atoms with van der Waals surface area (Å²) in [4.78, 5) is 10.9. The zero-order valence-electron chi connectivity index (χ0n) is 12.5. The first-order valence-corrected chi connectivity index (χ1v) is 6.44. The highest BCUT2D eigenvalue weighted by Gasteiger charge is 2.34. The first kappa shape index (κ1) is 15.0. The lowest BCUT2D eigenvalue weighted by Crippen LogP contribution is -2.38. The minimum Gasteiger partial charge on any atom is -0.493 e. The Morgan fingerprint density at radius 2 is 2.10 bits per heavy atom. The SMILES string of the molecule is COc1ccc2c(c1OC)OC(C)(C)CC2=NNC(N)=O. The van der Waals surface area contributed by atoms with E-state index >= 15 is 0 Å². The Hall–Kier alpha value is -2.44. The molecule has 1 aromatic rings. The molecule has 1 heterocycles. The lowest BCUT2D eigenvalue weighted by Gasteiger charge is -2.34. The van der Waals surface area contributed by atoms with E-state index in [0.717, 1.165) is 5.56 Å². The number of carbonyl (C=O) groups is 1. The average molecular weight is 293 g/mol. The van der Waals surface area contributed by atoms with Gasteiger partial charge in [-0.2, -0.15) is 5.10 Å². The monoisotopic (exact) mass is 293 g/mol. The van der Waals surface area contributed by atoms with Crippen molar-refractivity contribution in [1.82, 2.24) is 5.43 Å². The summed E-state index contributed by atoms with van der Waals surface area (Å²) >= 11 is 0. The number of nitrogens with zero attached hydrogens (tertiary/aromatic N) is 1. The van der Waals surface area contributed by atoms with Crippen LogP contribution in [0.2, 0.25) is 0 Å². The van der Waals surface area contributed by atoms with E-state index in [1.54, 1.807) is 20.3 Å². The van der Waals surface area contributed by atoms with Gasteiger partial charge in [0.2, 0.25) is 5.75 Å². The fourth-order valence-electron chi connectivity index (χ4n) is 2.26. The molecule has 0 aromatic heterocycles. The molecule has 21 heavy (non-hydrogen) atoms. The Kier molecular flexibility index (Phi) is 3.93. The molecule has 0 saturated heterocycles. The van der Waals surface area contributed by atoms with Crippen LogP contribution in [0.25, 0.3) is 0 Å². The number of nitrogens with two attached hydrogens (primary N) is 1. The molecule has 2 rings (SSSR count). The van der Waals surface area contributed by atoms with Crippen LogP contribution < -0.4 is 25.4 Å². The summed E-state index contributed by atoms with van der Waals surface area (Å²) in [5.41, 5.74) is 8.23. The van der Waals surface area contributed by atoms with Crippen LogP contribution in [0.4, 0.5) is 4.79 Å². The summed E-state index contributed by atoms with van der Waals surface area (Å²) in [7, 11) is 3.10. The summed E-state index contributed by atoms with van der Waals surface area (Å²) in [6.45, 7) is 3.85. The Morgan fingerprint density at radius 3 is 2.67 bits per heavy atom. The summed E-state index contributed by atoms with van der Waals surface area (Å²) in [6.07, 6.45) is 0.524. The van der Waals surface area contributed by atoms with Gasteiger partial charge in [-0.15, -0.1) is 0 Å². The zero-order chi connectivity index (χ0) is 15.6. The number of primary amides is 1. The third-order valence-corrected chi connectivity index (χ3v) is 3.08. The fraction of sp³-hybridized carbons (Fsp3) is 0.429. The first-order chi connectivity index (χ1) is 9.88. The predicted octanol–water partition coefficient (Wildman–Crippen LogP) is 1.64. The Bertz CT molecular complexity index is 596. The van der Waals surface area contributed by atoms with Crippen molar-refractivity contribution in [2.24, 2.45) is 10.8 Å². The van der Waals surface area contributed by atoms with E-state index in [4.69, 9.17) is 19.9 Å². The Morgan fingerprint density at radius 1 is 1.38 bits per heavy atom. The number of amides is 2. The van der Waals surface area contributed by atoms with Gasteiger partial charge < -0.3 is 19.9 Å². The highest BCUT2D eigenvalue weighted by Crippen LogP contribution is 2.45. The van der Waals surface area contributed by atoms with Crippen LogP contribution in [0.3, 0.4) is 0 Å². The predicted molar refractivity (Wildman–Crippen MR) is 78.1 cm³/mol. The van der Waals surface area contributed by atoms with Gasteiger partial charge in [0.05, 0.1) is 19.9 Å². The van der Waals surface area contributed by atoms with Gasteiger partial charge >= 0.3 is 6.03 Å². The molecular formula is C14H19N3O4. The van der Waals surface area contributed by atoms with Gasteiger partial charge in [0.15, 0.2) is 11.5 Å². The van der Waals surface area contributed by atoms with Crippen LogP contribution in [-0.2, 0) is 0 Å². The number of urea groups is 1. The second-order valence-corrected chi connectivity index (χ2v) is 5.25. The second kappa shape index (κ2) is 5.51. The Balaban J connectivity index is 2.57. The molecule has 7 nitrogen and oxygen atoms in total. The van der Waals surface area contributed by atoms with E-state index in [1.807, 2.05) is 19.9 Å². The number of rotatable bonds is 3. The van der Waals surface area contributed by atoms with Crippen molar-refractivity contribution in [3.8, 4) is 17.2 Å². The van der Waals surface area contributed by atoms with E-state index in [-0.39, 0.29) is 0 Å². The van der Waals surface area contributed by atoms with Gasteiger partial charge in [-0.25, -0.2) is 10.2 Å².